The molecular weight excluding hydrogens is 504 g/mol. The second-order valence-corrected chi connectivity index (χ2v) is 10.3. The molecule has 4 aromatic carbocycles. The number of rotatable bonds is 0. The molecule has 0 nitrogen and oxygen atoms in total. The SMILES string of the molecule is Cc1cc2cc(C(C)(C)C)ccc2[cH-]1.Cc1cc2cc(C(C)(C)C)ccc2[cH-]1.[CH3-].[CH3-].[CH3-].[CH3-].[Si]=[Zr]. The van der Waals surface area contributed by atoms with Crippen molar-refractivity contribution >= 4 is 28.4 Å². The van der Waals surface area contributed by atoms with Crippen LogP contribution in [0.3, 0.4) is 0 Å². The fourth-order valence-electron chi connectivity index (χ4n) is 3.66. The van der Waals surface area contributed by atoms with Gasteiger partial charge >= 0.3 is 30.2 Å². The molecule has 0 fully saturated rings. The van der Waals surface area contributed by atoms with E-state index < -0.39 is 0 Å². The second kappa shape index (κ2) is 15.0. The van der Waals surface area contributed by atoms with Gasteiger partial charge in [0.15, 0.2) is 0 Å². The third-order valence-corrected chi connectivity index (χ3v) is 5.44. The van der Waals surface area contributed by atoms with Crippen molar-refractivity contribution in [1.82, 2.24) is 0 Å². The molecule has 0 aliphatic carbocycles. The Morgan fingerprint density at radius 1 is 0.559 bits per heavy atom. The molecule has 2 radical (unpaired) electrons. The first-order valence-corrected chi connectivity index (χ1v) is 14.7. The van der Waals surface area contributed by atoms with E-state index in [0.717, 1.165) is 0 Å². The molecule has 0 atom stereocenters. The van der Waals surface area contributed by atoms with Crippen LogP contribution in [0.2, 0.25) is 0 Å². The van der Waals surface area contributed by atoms with Crippen molar-refractivity contribution in [3.63, 3.8) is 0 Å². The predicted octanol–water partition coefficient (Wildman–Crippen LogP) is 9.75. The Labute approximate surface area is 229 Å². The van der Waals surface area contributed by atoms with Crippen LogP contribution in [0.15, 0.2) is 60.7 Å². The molecule has 4 rings (SSSR count). The fraction of sp³-hybridized carbons (Fsp3) is 0.312. The Morgan fingerprint density at radius 3 is 1.12 bits per heavy atom. The minimum absolute atomic E-state index is 0. The van der Waals surface area contributed by atoms with Crippen molar-refractivity contribution in [2.75, 3.05) is 0 Å². The fourth-order valence-corrected chi connectivity index (χ4v) is 3.66. The summed E-state index contributed by atoms with van der Waals surface area (Å²) >= 11 is 1.36. The normalized spacial score (nSPS) is 10.2. The van der Waals surface area contributed by atoms with E-state index in [9.17, 15) is 0 Å². The van der Waals surface area contributed by atoms with Gasteiger partial charge in [-0.1, -0.05) is 66.5 Å². The van der Waals surface area contributed by atoms with E-state index in [0.29, 0.717) is 0 Å². The van der Waals surface area contributed by atoms with Crippen LogP contribution in [-0.2, 0) is 34.2 Å². The molecule has 2 heteroatoms. The van der Waals surface area contributed by atoms with Gasteiger partial charge in [0, 0.05) is 0 Å². The maximum absolute atomic E-state index is 3.06. The van der Waals surface area contributed by atoms with Crippen molar-refractivity contribution in [3.8, 4) is 0 Å². The third-order valence-electron chi connectivity index (χ3n) is 5.44. The van der Waals surface area contributed by atoms with E-state index in [1.807, 2.05) is 0 Å². The predicted molar refractivity (Wildman–Crippen MR) is 157 cm³/mol. The molecule has 0 aliphatic rings. The summed E-state index contributed by atoms with van der Waals surface area (Å²) in [6.07, 6.45) is 0. The van der Waals surface area contributed by atoms with Gasteiger partial charge in [-0.25, -0.2) is 0 Å². The van der Waals surface area contributed by atoms with E-state index in [4.69, 9.17) is 0 Å². The van der Waals surface area contributed by atoms with E-state index >= 15 is 0 Å². The summed E-state index contributed by atoms with van der Waals surface area (Å²) in [6.45, 7) is 20.9. The average Bonchev–Trinajstić information content (AvgIpc) is 3.21. The van der Waals surface area contributed by atoms with Crippen molar-refractivity contribution in [3.05, 3.63) is 113 Å². The summed E-state index contributed by atoms with van der Waals surface area (Å²) in [7, 11) is 0. The topological polar surface area (TPSA) is 0 Å². The van der Waals surface area contributed by atoms with Crippen LogP contribution in [0, 0.1) is 43.6 Å². The van der Waals surface area contributed by atoms with E-state index in [1.165, 1.54) is 67.1 Å². The molecular formula is C32H46SiZr-6. The summed E-state index contributed by atoms with van der Waals surface area (Å²) in [5.41, 5.74) is 6.03. The summed E-state index contributed by atoms with van der Waals surface area (Å²) in [4.78, 5) is 0. The molecule has 0 amide bonds. The van der Waals surface area contributed by atoms with Crippen molar-refractivity contribution < 1.29 is 23.3 Å². The molecule has 0 spiro atoms. The molecule has 0 saturated heterocycles. The van der Waals surface area contributed by atoms with Gasteiger partial charge in [-0.15, -0.1) is 81.2 Å². The van der Waals surface area contributed by atoms with Crippen LogP contribution in [-0.4, -0.2) is 6.88 Å². The molecule has 0 saturated carbocycles. The monoisotopic (exact) mass is 548 g/mol. The molecule has 0 aliphatic heterocycles. The van der Waals surface area contributed by atoms with Gasteiger partial charge in [0.05, 0.1) is 0 Å². The van der Waals surface area contributed by atoms with Gasteiger partial charge in [0.1, 0.15) is 0 Å². The summed E-state index contributed by atoms with van der Waals surface area (Å²) in [6, 6.07) is 22.5. The molecule has 4 aromatic rings. The third kappa shape index (κ3) is 9.79. The molecule has 0 bridgehead atoms. The number of aryl methyl sites for hydroxylation is 2. The quantitative estimate of drug-likeness (QED) is 0.151. The van der Waals surface area contributed by atoms with Gasteiger partial charge in [0.25, 0.3) is 0 Å². The Balaban J connectivity index is -0.000000475. The Kier molecular flexibility index (Phi) is 16.5. The van der Waals surface area contributed by atoms with Gasteiger partial charge in [-0.2, -0.15) is 12.1 Å². The minimum atomic E-state index is 0. The summed E-state index contributed by atoms with van der Waals surface area (Å²) in [5, 5.41) is 5.45. The molecule has 34 heavy (non-hydrogen) atoms. The van der Waals surface area contributed by atoms with E-state index in [2.05, 4.69) is 123 Å². The van der Waals surface area contributed by atoms with Gasteiger partial charge in [-0.05, 0) is 10.8 Å². The second-order valence-electron chi connectivity index (χ2n) is 10.3. The molecule has 188 valence electrons. The van der Waals surface area contributed by atoms with Gasteiger partial charge in [-0.3, -0.25) is 0 Å². The Morgan fingerprint density at radius 2 is 0.853 bits per heavy atom. The molecule has 0 heterocycles. The number of hydrogen-bond donors (Lipinski definition) is 0. The molecule has 0 N–H and O–H groups in total. The maximum atomic E-state index is 3.06. The Hall–Kier alpha value is -1.24. The summed E-state index contributed by atoms with van der Waals surface area (Å²) < 4.78 is 0. The van der Waals surface area contributed by atoms with E-state index in [1.54, 1.807) is 0 Å². The van der Waals surface area contributed by atoms with Crippen LogP contribution < -0.4 is 0 Å². The van der Waals surface area contributed by atoms with Crippen molar-refractivity contribution in [1.29, 1.82) is 0 Å². The number of hydrogen-bond acceptors (Lipinski definition) is 0. The average molecular weight is 550 g/mol. The first kappa shape index (κ1) is 37.3. The standard InChI is InChI=1S/2C14H17.4CH3.Si.Zr/c2*1-10-7-11-5-6-13(14(2,3)4)9-12(11)8-10;;;;;;/h2*5-9H,1-4H3;4*1H3;;/q6*-1;;. The molecule has 0 aromatic heterocycles. The van der Waals surface area contributed by atoms with Crippen LogP contribution in [0.5, 0.6) is 0 Å². The zero-order valence-electron chi connectivity index (χ0n) is 23.8. The van der Waals surface area contributed by atoms with E-state index in [-0.39, 0.29) is 40.5 Å². The summed E-state index contributed by atoms with van der Waals surface area (Å²) in [5.74, 6) is 0. The van der Waals surface area contributed by atoms with Crippen LogP contribution in [0.1, 0.15) is 63.8 Å². The van der Waals surface area contributed by atoms with Gasteiger partial charge in [0.2, 0.25) is 0 Å². The number of fused-ring (bicyclic) bond motifs is 2. The van der Waals surface area contributed by atoms with Crippen molar-refractivity contribution in [2.24, 2.45) is 0 Å². The van der Waals surface area contributed by atoms with Gasteiger partial charge < -0.3 is 29.7 Å². The molecule has 0 unspecified atom stereocenters. The first-order chi connectivity index (χ1) is 13.9. The number of benzene rings is 2. The van der Waals surface area contributed by atoms with Crippen LogP contribution in [0.4, 0.5) is 0 Å². The zero-order chi connectivity index (χ0) is 22.7. The first-order valence-electron chi connectivity index (χ1n) is 10.5. The van der Waals surface area contributed by atoms with Crippen molar-refractivity contribution in [2.45, 2.75) is 66.2 Å². The Bertz CT molecular complexity index is 1020. The van der Waals surface area contributed by atoms with Crippen LogP contribution >= 0.6 is 0 Å². The van der Waals surface area contributed by atoms with Crippen LogP contribution in [0.25, 0.3) is 21.5 Å². The zero-order valence-corrected chi connectivity index (χ0v) is 27.2.